The van der Waals surface area contributed by atoms with Gasteiger partial charge in [0.15, 0.2) is 5.78 Å². The first-order valence-electron chi connectivity index (χ1n) is 5.71. The summed E-state index contributed by atoms with van der Waals surface area (Å²) in [6.45, 7) is 0. The smallest absolute Gasteiger partial charge is 0.239 e. The molecule has 2 heterocycles. The summed E-state index contributed by atoms with van der Waals surface area (Å²) in [5, 5.41) is 2.76. The molecule has 1 unspecified atom stereocenters. The lowest BCUT2D eigenvalue weighted by atomic mass is 9.87. The Morgan fingerprint density at radius 3 is 2.79 bits per heavy atom. The topological polar surface area (TPSA) is 59.1 Å². The molecule has 0 radical (unpaired) electrons. The second-order valence-electron chi connectivity index (χ2n) is 4.26. The van der Waals surface area contributed by atoms with Crippen LogP contribution in [0.4, 0.5) is 5.69 Å². The minimum absolute atomic E-state index is 0.201. The molecule has 94 valence electrons. The summed E-state index contributed by atoms with van der Waals surface area (Å²) < 4.78 is 0.806. The number of anilines is 1. The number of pyridine rings is 1. The van der Waals surface area contributed by atoms with Gasteiger partial charge in [-0.25, -0.2) is 0 Å². The Balaban J connectivity index is 2.10. The minimum atomic E-state index is -0.824. The fourth-order valence-corrected chi connectivity index (χ4v) is 2.52. The first kappa shape index (κ1) is 12.0. The molecule has 0 spiro atoms. The van der Waals surface area contributed by atoms with Gasteiger partial charge >= 0.3 is 0 Å². The van der Waals surface area contributed by atoms with Crippen LogP contribution in [0.3, 0.4) is 0 Å². The average molecular weight is 317 g/mol. The Hall–Kier alpha value is -2.01. The molecular weight excluding hydrogens is 308 g/mol. The van der Waals surface area contributed by atoms with E-state index in [1.807, 2.05) is 0 Å². The third kappa shape index (κ3) is 2.06. The Morgan fingerprint density at radius 2 is 2.05 bits per heavy atom. The lowest BCUT2D eigenvalue weighted by Crippen LogP contribution is -2.33. The van der Waals surface area contributed by atoms with Crippen LogP contribution in [0, 0.1) is 0 Å². The van der Waals surface area contributed by atoms with Gasteiger partial charge in [-0.05, 0) is 29.8 Å². The number of carbonyl (C=O) groups excluding carboxylic acids is 2. The number of halogens is 1. The molecule has 1 aromatic heterocycles. The van der Waals surface area contributed by atoms with Gasteiger partial charge in [0, 0.05) is 22.4 Å². The Morgan fingerprint density at radius 1 is 1.21 bits per heavy atom. The van der Waals surface area contributed by atoms with Crippen LogP contribution >= 0.6 is 15.9 Å². The van der Waals surface area contributed by atoms with E-state index < -0.39 is 5.92 Å². The maximum Gasteiger partial charge on any atom is 0.239 e. The van der Waals surface area contributed by atoms with Crippen molar-refractivity contribution < 1.29 is 9.59 Å². The van der Waals surface area contributed by atoms with Crippen molar-refractivity contribution >= 4 is 33.3 Å². The number of nitrogens with one attached hydrogen (secondary N) is 1. The maximum absolute atomic E-state index is 12.5. The highest BCUT2D eigenvalue weighted by Crippen LogP contribution is 2.32. The predicted molar refractivity (Wildman–Crippen MR) is 74.1 cm³/mol. The third-order valence-corrected chi connectivity index (χ3v) is 3.54. The fraction of sp³-hybridized carbons (Fsp3) is 0.0714. The number of benzene rings is 1. The van der Waals surface area contributed by atoms with Crippen molar-refractivity contribution in [2.75, 3.05) is 5.32 Å². The molecule has 4 nitrogen and oxygen atoms in total. The molecule has 0 fully saturated rings. The molecular formula is C14H9BrN2O2. The van der Waals surface area contributed by atoms with E-state index in [1.165, 1.54) is 0 Å². The summed E-state index contributed by atoms with van der Waals surface area (Å²) in [7, 11) is 0. The van der Waals surface area contributed by atoms with Gasteiger partial charge in [0.1, 0.15) is 5.92 Å². The fourth-order valence-electron chi connectivity index (χ4n) is 2.16. The molecule has 1 aliphatic rings. The highest BCUT2D eigenvalue weighted by molar-refractivity contribution is 9.10. The normalized spacial score (nSPS) is 17.8. The number of amides is 1. The van der Waals surface area contributed by atoms with Crippen LogP contribution in [0.25, 0.3) is 0 Å². The first-order chi connectivity index (χ1) is 9.16. The number of nitrogens with zero attached hydrogens (tertiary/aromatic N) is 1. The molecule has 0 bridgehead atoms. The average Bonchev–Trinajstić information content (AvgIpc) is 2.41. The molecule has 5 heteroatoms. The zero-order valence-electron chi connectivity index (χ0n) is 9.76. The predicted octanol–water partition coefficient (Wildman–Crippen LogP) is 2.76. The number of fused-ring (bicyclic) bond motifs is 1. The zero-order chi connectivity index (χ0) is 13.4. The number of carbonyl (C=O) groups is 2. The summed E-state index contributed by atoms with van der Waals surface area (Å²) in [4.78, 5) is 28.5. The molecule has 0 saturated heterocycles. The highest BCUT2D eigenvalue weighted by Gasteiger charge is 2.35. The van der Waals surface area contributed by atoms with E-state index in [4.69, 9.17) is 0 Å². The van der Waals surface area contributed by atoms with Gasteiger partial charge < -0.3 is 5.32 Å². The molecule has 1 N–H and O–H groups in total. The lowest BCUT2D eigenvalue weighted by Gasteiger charge is -2.23. The van der Waals surface area contributed by atoms with Crippen LogP contribution in [0.2, 0.25) is 0 Å². The summed E-state index contributed by atoms with van der Waals surface area (Å²) >= 11 is 3.33. The van der Waals surface area contributed by atoms with Gasteiger partial charge in [-0.2, -0.15) is 0 Å². The molecule has 0 saturated carbocycles. The van der Waals surface area contributed by atoms with E-state index >= 15 is 0 Å². The second kappa shape index (κ2) is 4.59. The van der Waals surface area contributed by atoms with E-state index in [9.17, 15) is 9.59 Å². The zero-order valence-corrected chi connectivity index (χ0v) is 11.3. The van der Waals surface area contributed by atoms with Crippen LogP contribution in [0.15, 0.2) is 47.2 Å². The molecule has 3 rings (SSSR count). The SMILES string of the molecule is O=C1Nc2ccc(Br)cc2C(=O)C1c1cccnc1. The quantitative estimate of drug-likeness (QED) is 0.823. The van der Waals surface area contributed by atoms with Gasteiger partial charge in [-0.1, -0.05) is 22.0 Å². The molecule has 1 atom stereocenters. The Labute approximate surface area is 118 Å². The van der Waals surface area contributed by atoms with Gasteiger partial charge in [0.05, 0.1) is 5.69 Å². The van der Waals surface area contributed by atoms with E-state index in [0.717, 1.165) is 4.47 Å². The van der Waals surface area contributed by atoms with Crippen molar-refractivity contribution in [2.24, 2.45) is 0 Å². The molecule has 19 heavy (non-hydrogen) atoms. The largest absolute Gasteiger partial charge is 0.324 e. The molecule has 1 amide bonds. The molecule has 0 aliphatic carbocycles. The second-order valence-corrected chi connectivity index (χ2v) is 5.18. The first-order valence-corrected chi connectivity index (χ1v) is 6.50. The number of Topliss-reactive ketones (excluding diaryl/α,β-unsaturated/α-hetero) is 1. The minimum Gasteiger partial charge on any atom is -0.324 e. The third-order valence-electron chi connectivity index (χ3n) is 3.05. The van der Waals surface area contributed by atoms with Crippen molar-refractivity contribution in [3.8, 4) is 0 Å². The number of hydrogen-bond acceptors (Lipinski definition) is 3. The van der Waals surface area contributed by atoms with Crippen LogP contribution in [-0.2, 0) is 4.79 Å². The van der Waals surface area contributed by atoms with E-state index in [1.54, 1.807) is 42.7 Å². The number of ketones is 1. The van der Waals surface area contributed by atoms with Crippen molar-refractivity contribution in [1.29, 1.82) is 0 Å². The number of aromatic nitrogens is 1. The summed E-state index contributed by atoms with van der Waals surface area (Å²) in [5.74, 6) is -1.34. The molecule has 2 aromatic rings. The maximum atomic E-state index is 12.5. The Kier molecular flexibility index (Phi) is 2.91. The summed E-state index contributed by atoms with van der Waals surface area (Å²) in [6.07, 6.45) is 3.16. The van der Waals surface area contributed by atoms with Crippen LogP contribution in [-0.4, -0.2) is 16.7 Å². The number of hydrogen-bond donors (Lipinski definition) is 1. The van der Waals surface area contributed by atoms with Gasteiger partial charge in [-0.3, -0.25) is 14.6 Å². The lowest BCUT2D eigenvalue weighted by molar-refractivity contribution is -0.116. The molecule has 1 aromatic carbocycles. The Bertz CT molecular complexity index is 670. The highest BCUT2D eigenvalue weighted by atomic mass is 79.9. The van der Waals surface area contributed by atoms with E-state index in [0.29, 0.717) is 16.8 Å². The van der Waals surface area contributed by atoms with Gasteiger partial charge in [0.2, 0.25) is 5.91 Å². The van der Waals surface area contributed by atoms with Crippen molar-refractivity contribution in [2.45, 2.75) is 5.92 Å². The molecule has 1 aliphatic heterocycles. The van der Waals surface area contributed by atoms with Crippen molar-refractivity contribution in [3.05, 3.63) is 58.3 Å². The van der Waals surface area contributed by atoms with Gasteiger partial charge in [-0.15, -0.1) is 0 Å². The summed E-state index contributed by atoms with van der Waals surface area (Å²) in [6, 6.07) is 8.68. The van der Waals surface area contributed by atoms with Crippen LogP contribution < -0.4 is 5.32 Å². The van der Waals surface area contributed by atoms with Crippen LogP contribution in [0.5, 0.6) is 0 Å². The number of rotatable bonds is 1. The van der Waals surface area contributed by atoms with E-state index in [2.05, 4.69) is 26.2 Å². The van der Waals surface area contributed by atoms with Crippen molar-refractivity contribution in [3.63, 3.8) is 0 Å². The standard InChI is InChI=1S/C14H9BrN2O2/c15-9-3-4-11-10(6-9)13(18)12(14(19)17-11)8-2-1-5-16-7-8/h1-7,12H,(H,17,19). The monoisotopic (exact) mass is 316 g/mol. The van der Waals surface area contributed by atoms with E-state index in [-0.39, 0.29) is 11.7 Å². The van der Waals surface area contributed by atoms with Crippen molar-refractivity contribution in [1.82, 2.24) is 4.98 Å². The van der Waals surface area contributed by atoms with Crippen LogP contribution in [0.1, 0.15) is 21.8 Å². The summed E-state index contributed by atoms with van der Waals surface area (Å²) in [5.41, 5.74) is 1.68. The van der Waals surface area contributed by atoms with Gasteiger partial charge in [0.25, 0.3) is 0 Å².